The van der Waals surface area contributed by atoms with Gasteiger partial charge in [0.15, 0.2) is 6.29 Å². The van der Waals surface area contributed by atoms with Gasteiger partial charge in [0.25, 0.3) is 0 Å². The number of hydrogen-bond acceptors (Lipinski definition) is 3. The average Bonchev–Trinajstić information content (AvgIpc) is 2.94. The molecule has 0 aromatic heterocycles. The number of nitrogens with one attached hydrogen (secondary N) is 1. The zero-order valence-corrected chi connectivity index (χ0v) is 19.5. The molecule has 154 valence electrons. The molecule has 1 aliphatic heterocycles. The van der Waals surface area contributed by atoms with Gasteiger partial charge in [-0.3, -0.25) is 14.7 Å². The Hall–Kier alpha value is -1.98. The van der Waals surface area contributed by atoms with E-state index in [1.54, 1.807) is 0 Å². The molecule has 0 saturated heterocycles. The maximum Gasteiger partial charge on any atom is 0.153 e. The fourth-order valence-corrected chi connectivity index (χ4v) is 4.87. The van der Waals surface area contributed by atoms with Crippen molar-refractivity contribution in [3.63, 3.8) is 0 Å². The summed E-state index contributed by atoms with van der Waals surface area (Å²) in [5, 5.41) is 3.27. The Morgan fingerprint density at radius 3 is 2.62 bits per heavy atom. The summed E-state index contributed by atoms with van der Waals surface area (Å²) in [7, 11) is 3.83. The SMILES string of the molecule is CCC(CCNC)c1ccc2c(c1)N(c1cccc(Br)c1C=O)C(=NC)C2(C)C. The van der Waals surface area contributed by atoms with Crippen LogP contribution in [0.2, 0.25) is 0 Å². The van der Waals surface area contributed by atoms with Crippen LogP contribution in [0, 0.1) is 0 Å². The minimum Gasteiger partial charge on any atom is -0.320 e. The van der Waals surface area contributed by atoms with Crippen molar-refractivity contribution in [2.45, 2.75) is 44.9 Å². The molecular weight excluding hydrogens is 426 g/mol. The van der Waals surface area contributed by atoms with Gasteiger partial charge in [-0.2, -0.15) is 0 Å². The summed E-state index contributed by atoms with van der Waals surface area (Å²) >= 11 is 3.54. The van der Waals surface area contributed by atoms with Gasteiger partial charge < -0.3 is 5.32 Å². The van der Waals surface area contributed by atoms with E-state index in [0.29, 0.717) is 11.5 Å². The van der Waals surface area contributed by atoms with Crippen LogP contribution in [0.3, 0.4) is 0 Å². The van der Waals surface area contributed by atoms with E-state index in [1.807, 2.05) is 32.3 Å². The molecule has 1 unspecified atom stereocenters. The Kier molecular flexibility index (Phi) is 6.59. The largest absolute Gasteiger partial charge is 0.320 e. The van der Waals surface area contributed by atoms with Crippen molar-refractivity contribution in [1.82, 2.24) is 5.32 Å². The molecule has 0 amide bonds. The Balaban J connectivity index is 2.21. The van der Waals surface area contributed by atoms with Crippen LogP contribution in [0.4, 0.5) is 11.4 Å². The maximum atomic E-state index is 11.9. The number of hydrogen-bond donors (Lipinski definition) is 1. The van der Waals surface area contributed by atoms with Gasteiger partial charge in [-0.1, -0.05) is 25.1 Å². The van der Waals surface area contributed by atoms with E-state index in [4.69, 9.17) is 0 Å². The summed E-state index contributed by atoms with van der Waals surface area (Å²) in [6, 6.07) is 12.7. The first-order valence-electron chi connectivity index (χ1n) is 10.2. The normalized spacial score (nSPS) is 17.4. The maximum absolute atomic E-state index is 11.9. The number of carbonyl (C=O) groups excluding carboxylic acids is 1. The Morgan fingerprint density at radius 2 is 2.00 bits per heavy atom. The topological polar surface area (TPSA) is 44.7 Å². The number of carbonyl (C=O) groups is 1. The summed E-state index contributed by atoms with van der Waals surface area (Å²) < 4.78 is 0.795. The highest BCUT2D eigenvalue weighted by Crippen LogP contribution is 2.48. The number of halogens is 1. The third-order valence-corrected chi connectivity index (χ3v) is 6.71. The van der Waals surface area contributed by atoms with Gasteiger partial charge in [-0.05, 0) is 91.5 Å². The number of amidine groups is 1. The summed E-state index contributed by atoms with van der Waals surface area (Å²) in [5.41, 5.74) is 4.96. The second kappa shape index (κ2) is 8.80. The molecule has 4 nitrogen and oxygen atoms in total. The van der Waals surface area contributed by atoms with Gasteiger partial charge in [0, 0.05) is 16.9 Å². The lowest BCUT2D eigenvalue weighted by molar-refractivity contribution is 0.112. The van der Waals surface area contributed by atoms with Gasteiger partial charge in [-0.15, -0.1) is 0 Å². The molecule has 2 aromatic carbocycles. The Morgan fingerprint density at radius 1 is 1.24 bits per heavy atom. The smallest absolute Gasteiger partial charge is 0.153 e. The highest BCUT2D eigenvalue weighted by atomic mass is 79.9. The van der Waals surface area contributed by atoms with E-state index in [-0.39, 0.29) is 5.41 Å². The third kappa shape index (κ3) is 3.78. The molecule has 3 rings (SSSR count). The average molecular weight is 456 g/mol. The molecule has 5 heteroatoms. The van der Waals surface area contributed by atoms with E-state index < -0.39 is 0 Å². The van der Waals surface area contributed by atoms with Crippen LogP contribution < -0.4 is 10.2 Å². The predicted molar refractivity (Wildman–Crippen MR) is 126 cm³/mol. The van der Waals surface area contributed by atoms with Crippen molar-refractivity contribution in [2.75, 3.05) is 25.5 Å². The van der Waals surface area contributed by atoms with Crippen molar-refractivity contribution < 1.29 is 4.79 Å². The highest BCUT2D eigenvalue weighted by molar-refractivity contribution is 9.10. The van der Waals surface area contributed by atoms with Crippen molar-refractivity contribution >= 4 is 39.4 Å². The monoisotopic (exact) mass is 455 g/mol. The van der Waals surface area contributed by atoms with E-state index in [1.165, 1.54) is 11.1 Å². The van der Waals surface area contributed by atoms with E-state index >= 15 is 0 Å². The first-order chi connectivity index (χ1) is 13.9. The Labute approximate surface area is 182 Å². The van der Waals surface area contributed by atoms with E-state index in [0.717, 1.165) is 47.4 Å². The van der Waals surface area contributed by atoms with Gasteiger partial charge in [0.2, 0.25) is 0 Å². The van der Waals surface area contributed by atoms with Crippen LogP contribution in [0.25, 0.3) is 0 Å². The summed E-state index contributed by atoms with van der Waals surface area (Å²) in [5.74, 6) is 1.45. The lowest BCUT2D eigenvalue weighted by Gasteiger charge is -2.26. The molecular formula is C24H30BrN3O. The molecule has 1 atom stereocenters. The zero-order valence-electron chi connectivity index (χ0n) is 17.9. The predicted octanol–water partition coefficient (Wildman–Crippen LogP) is 5.82. The lowest BCUT2D eigenvalue weighted by Crippen LogP contribution is -2.34. The number of aldehydes is 1. The van der Waals surface area contributed by atoms with E-state index in [2.05, 4.69) is 70.1 Å². The van der Waals surface area contributed by atoms with Crippen LogP contribution in [-0.4, -0.2) is 32.8 Å². The number of aliphatic imine (C=N–C) groups is 1. The quantitative estimate of drug-likeness (QED) is 0.534. The van der Waals surface area contributed by atoms with Crippen molar-refractivity contribution in [3.8, 4) is 0 Å². The molecule has 0 fully saturated rings. The van der Waals surface area contributed by atoms with Gasteiger partial charge in [-0.25, -0.2) is 0 Å². The van der Waals surface area contributed by atoms with Crippen molar-refractivity contribution in [2.24, 2.45) is 4.99 Å². The number of anilines is 2. The Bertz CT molecular complexity index is 936. The summed E-state index contributed by atoms with van der Waals surface area (Å²) in [6.07, 6.45) is 3.11. The standard InChI is InChI=1S/C24H30BrN3O/c1-6-16(12-13-26-4)17-10-11-19-22(14-17)28(23(27-5)24(19,2)3)21-9-7-8-20(25)18(21)15-29/h7-11,14-16,26H,6,12-13H2,1-5H3. The second-order valence-electron chi connectivity index (χ2n) is 8.07. The number of nitrogens with zero attached hydrogens (tertiary/aromatic N) is 2. The minimum atomic E-state index is -0.238. The minimum absolute atomic E-state index is 0.238. The molecule has 2 aromatic rings. The number of rotatable bonds is 7. The van der Waals surface area contributed by atoms with E-state index in [9.17, 15) is 4.79 Å². The molecule has 0 saturated carbocycles. The van der Waals surface area contributed by atoms with Gasteiger partial charge >= 0.3 is 0 Å². The molecule has 1 aliphatic rings. The number of fused-ring (bicyclic) bond motifs is 1. The summed E-state index contributed by atoms with van der Waals surface area (Å²) in [4.78, 5) is 18.7. The van der Waals surface area contributed by atoms with Crippen LogP contribution in [0.15, 0.2) is 45.9 Å². The van der Waals surface area contributed by atoms with Crippen molar-refractivity contribution in [1.29, 1.82) is 0 Å². The molecule has 1 N–H and O–H groups in total. The van der Waals surface area contributed by atoms with Gasteiger partial charge in [0.1, 0.15) is 5.84 Å². The van der Waals surface area contributed by atoms with Crippen LogP contribution in [0.1, 0.15) is 61.0 Å². The molecule has 1 heterocycles. The molecule has 0 radical (unpaired) electrons. The van der Waals surface area contributed by atoms with Crippen molar-refractivity contribution in [3.05, 3.63) is 57.6 Å². The summed E-state index contributed by atoms with van der Waals surface area (Å²) in [6.45, 7) is 7.63. The number of benzene rings is 2. The molecule has 0 spiro atoms. The first-order valence-corrected chi connectivity index (χ1v) is 11.0. The second-order valence-corrected chi connectivity index (χ2v) is 8.93. The van der Waals surface area contributed by atoms with Crippen LogP contribution in [-0.2, 0) is 5.41 Å². The van der Waals surface area contributed by atoms with Crippen LogP contribution in [0.5, 0.6) is 0 Å². The third-order valence-electron chi connectivity index (χ3n) is 6.01. The fraction of sp³-hybridized carbons (Fsp3) is 0.417. The molecule has 0 bridgehead atoms. The lowest BCUT2D eigenvalue weighted by atomic mass is 9.84. The zero-order chi connectivity index (χ0) is 21.2. The molecule has 0 aliphatic carbocycles. The fourth-order valence-electron chi connectivity index (χ4n) is 4.42. The molecule has 29 heavy (non-hydrogen) atoms. The van der Waals surface area contributed by atoms with Crippen LogP contribution >= 0.6 is 15.9 Å². The first kappa shape index (κ1) is 21.7. The highest BCUT2D eigenvalue weighted by Gasteiger charge is 2.43. The van der Waals surface area contributed by atoms with Gasteiger partial charge in [0.05, 0.1) is 16.9 Å².